The van der Waals surface area contributed by atoms with Gasteiger partial charge in [-0.1, -0.05) is 36.4 Å². The van der Waals surface area contributed by atoms with Crippen LogP contribution in [0.5, 0.6) is 5.75 Å². The highest BCUT2D eigenvalue weighted by Gasteiger charge is 2.22. The summed E-state index contributed by atoms with van der Waals surface area (Å²) in [5.41, 5.74) is 2.71. The standard InChI is InChI=1S/C19H21NO4/c1-13-5-3-4-6-14(13)9-12-17(21)20-18(19(22)23)15-7-10-16(24-2)11-8-15/h3-8,10-11,18H,9,12H2,1-2H3,(H,20,21)(H,22,23). The third-order valence-electron chi connectivity index (χ3n) is 3.88. The molecule has 0 fully saturated rings. The van der Waals surface area contributed by atoms with Gasteiger partial charge in [-0.2, -0.15) is 0 Å². The summed E-state index contributed by atoms with van der Waals surface area (Å²) in [6, 6.07) is 13.4. The Balaban J connectivity index is 2.00. The molecule has 5 nitrogen and oxygen atoms in total. The van der Waals surface area contributed by atoms with Gasteiger partial charge in [0.2, 0.25) is 5.91 Å². The van der Waals surface area contributed by atoms with E-state index >= 15 is 0 Å². The molecule has 126 valence electrons. The summed E-state index contributed by atoms with van der Waals surface area (Å²) in [5, 5.41) is 12.0. The SMILES string of the molecule is COc1ccc(C(NC(=O)CCc2ccccc2C)C(=O)O)cc1. The van der Waals surface area contributed by atoms with Gasteiger partial charge in [0.15, 0.2) is 6.04 Å². The molecule has 2 aromatic rings. The van der Waals surface area contributed by atoms with Crippen LogP contribution in [-0.4, -0.2) is 24.1 Å². The minimum absolute atomic E-state index is 0.241. The number of aliphatic carboxylic acids is 1. The third-order valence-corrected chi connectivity index (χ3v) is 3.88. The van der Waals surface area contributed by atoms with E-state index < -0.39 is 12.0 Å². The van der Waals surface area contributed by atoms with E-state index in [1.165, 1.54) is 7.11 Å². The Morgan fingerprint density at radius 1 is 1.12 bits per heavy atom. The number of aryl methyl sites for hydroxylation is 2. The summed E-state index contributed by atoms with van der Waals surface area (Å²) in [4.78, 5) is 23.6. The van der Waals surface area contributed by atoms with E-state index in [4.69, 9.17) is 4.74 Å². The third kappa shape index (κ3) is 4.59. The summed E-state index contributed by atoms with van der Waals surface area (Å²) >= 11 is 0. The summed E-state index contributed by atoms with van der Waals surface area (Å²) in [6.45, 7) is 1.99. The maximum atomic E-state index is 12.1. The molecule has 0 saturated heterocycles. The van der Waals surface area contributed by atoms with Gasteiger partial charge in [0.1, 0.15) is 5.75 Å². The number of amides is 1. The first kappa shape index (κ1) is 17.5. The van der Waals surface area contributed by atoms with Crippen LogP contribution in [0.2, 0.25) is 0 Å². The minimum Gasteiger partial charge on any atom is -0.497 e. The monoisotopic (exact) mass is 327 g/mol. The van der Waals surface area contributed by atoms with E-state index in [1.54, 1.807) is 24.3 Å². The number of rotatable bonds is 7. The largest absolute Gasteiger partial charge is 0.497 e. The number of nitrogens with one attached hydrogen (secondary N) is 1. The highest BCUT2D eigenvalue weighted by molar-refractivity contribution is 5.84. The summed E-state index contributed by atoms with van der Waals surface area (Å²) in [6.07, 6.45) is 0.818. The van der Waals surface area contributed by atoms with Gasteiger partial charge in [-0.05, 0) is 42.2 Å². The molecule has 2 N–H and O–H groups in total. The normalized spacial score (nSPS) is 11.6. The molecule has 24 heavy (non-hydrogen) atoms. The van der Waals surface area contributed by atoms with Crippen LogP contribution in [0.4, 0.5) is 0 Å². The van der Waals surface area contributed by atoms with Gasteiger partial charge in [0.25, 0.3) is 0 Å². The lowest BCUT2D eigenvalue weighted by Crippen LogP contribution is -2.33. The molecule has 2 rings (SSSR count). The number of benzene rings is 2. The van der Waals surface area contributed by atoms with E-state index in [2.05, 4.69) is 5.32 Å². The lowest BCUT2D eigenvalue weighted by atomic mass is 10.0. The van der Waals surface area contributed by atoms with Crippen molar-refractivity contribution in [3.8, 4) is 5.75 Å². The van der Waals surface area contributed by atoms with Gasteiger partial charge in [-0.3, -0.25) is 4.79 Å². The Labute approximate surface area is 141 Å². The summed E-state index contributed by atoms with van der Waals surface area (Å²) in [7, 11) is 1.54. The van der Waals surface area contributed by atoms with Crippen LogP contribution in [-0.2, 0) is 16.0 Å². The molecule has 5 heteroatoms. The number of carbonyl (C=O) groups excluding carboxylic acids is 1. The number of hydrogen-bond acceptors (Lipinski definition) is 3. The second-order valence-electron chi connectivity index (χ2n) is 5.54. The van der Waals surface area contributed by atoms with Gasteiger partial charge < -0.3 is 15.2 Å². The van der Waals surface area contributed by atoms with Gasteiger partial charge in [0.05, 0.1) is 7.11 Å². The number of carboxylic acid groups (broad SMARTS) is 1. The van der Waals surface area contributed by atoms with Crippen LogP contribution in [0, 0.1) is 6.92 Å². The van der Waals surface area contributed by atoms with E-state index in [0.29, 0.717) is 17.7 Å². The predicted molar refractivity (Wildman–Crippen MR) is 91.0 cm³/mol. The van der Waals surface area contributed by atoms with Crippen LogP contribution < -0.4 is 10.1 Å². The molecule has 1 unspecified atom stereocenters. The van der Waals surface area contributed by atoms with E-state index in [1.807, 2.05) is 31.2 Å². The quantitative estimate of drug-likeness (QED) is 0.820. The lowest BCUT2D eigenvalue weighted by molar-refractivity contribution is -0.142. The first-order valence-corrected chi connectivity index (χ1v) is 7.72. The van der Waals surface area contributed by atoms with Gasteiger partial charge in [0, 0.05) is 6.42 Å². The van der Waals surface area contributed by atoms with Crippen molar-refractivity contribution in [3.63, 3.8) is 0 Å². The topological polar surface area (TPSA) is 75.6 Å². The second kappa shape index (κ2) is 8.15. The predicted octanol–water partition coefficient (Wildman–Crippen LogP) is 2.88. The zero-order valence-electron chi connectivity index (χ0n) is 13.8. The molecule has 0 aliphatic rings. The molecular weight excluding hydrogens is 306 g/mol. The molecule has 0 saturated carbocycles. The van der Waals surface area contributed by atoms with E-state index in [0.717, 1.165) is 11.1 Å². The van der Waals surface area contributed by atoms with Crippen molar-refractivity contribution >= 4 is 11.9 Å². The van der Waals surface area contributed by atoms with Gasteiger partial charge >= 0.3 is 5.97 Å². The molecule has 1 amide bonds. The molecule has 2 aromatic carbocycles. The fourth-order valence-corrected chi connectivity index (χ4v) is 2.46. The average molecular weight is 327 g/mol. The van der Waals surface area contributed by atoms with Crippen molar-refractivity contribution in [2.75, 3.05) is 7.11 Å². The molecule has 0 aromatic heterocycles. The highest BCUT2D eigenvalue weighted by atomic mass is 16.5. The Kier molecular flexibility index (Phi) is 5.95. The molecule has 0 heterocycles. The first-order chi connectivity index (χ1) is 11.5. The van der Waals surface area contributed by atoms with Crippen molar-refractivity contribution in [1.82, 2.24) is 5.32 Å². The van der Waals surface area contributed by atoms with Crippen molar-refractivity contribution < 1.29 is 19.4 Å². The van der Waals surface area contributed by atoms with Crippen molar-refractivity contribution in [3.05, 3.63) is 65.2 Å². The zero-order chi connectivity index (χ0) is 17.5. The van der Waals surface area contributed by atoms with Crippen molar-refractivity contribution in [2.45, 2.75) is 25.8 Å². The molecule has 0 aliphatic heterocycles. The molecule has 0 radical (unpaired) electrons. The summed E-state index contributed by atoms with van der Waals surface area (Å²) in [5.74, 6) is -0.750. The Bertz CT molecular complexity index is 710. The smallest absolute Gasteiger partial charge is 0.330 e. The summed E-state index contributed by atoms with van der Waals surface area (Å²) < 4.78 is 5.05. The van der Waals surface area contributed by atoms with E-state index in [-0.39, 0.29) is 12.3 Å². The first-order valence-electron chi connectivity index (χ1n) is 7.72. The minimum atomic E-state index is -1.09. The lowest BCUT2D eigenvalue weighted by Gasteiger charge is -2.15. The van der Waals surface area contributed by atoms with Crippen molar-refractivity contribution in [1.29, 1.82) is 0 Å². The van der Waals surface area contributed by atoms with Crippen LogP contribution in [0.15, 0.2) is 48.5 Å². The number of carbonyl (C=O) groups is 2. The molecule has 1 atom stereocenters. The number of carboxylic acids is 1. The average Bonchev–Trinajstić information content (AvgIpc) is 2.59. The molecular formula is C19H21NO4. The molecule has 0 aliphatic carbocycles. The maximum Gasteiger partial charge on any atom is 0.330 e. The van der Waals surface area contributed by atoms with Gasteiger partial charge in [-0.15, -0.1) is 0 Å². The Morgan fingerprint density at radius 2 is 1.79 bits per heavy atom. The fraction of sp³-hybridized carbons (Fsp3) is 0.263. The van der Waals surface area contributed by atoms with Crippen molar-refractivity contribution in [2.24, 2.45) is 0 Å². The number of methoxy groups -OCH3 is 1. The highest BCUT2D eigenvalue weighted by Crippen LogP contribution is 2.18. The van der Waals surface area contributed by atoms with Crippen LogP contribution in [0.3, 0.4) is 0 Å². The molecule has 0 bridgehead atoms. The van der Waals surface area contributed by atoms with Crippen LogP contribution in [0.1, 0.15) is 29.2 Å². The van der Waals surface area contributed by atoms with Crippen LogP contribution >= 0.6 is 0 Å². The zero-order valence-corrected chi connectivity index (χ0v) is 13.8. The fourth-order valence-electron chi connectivity index (χ4n) is 2.46. The maximum absolute atomic E-state index is 12.1. The number of hydrogen-bond donors (Lipinski definition) is 2. The second-order valence-corrected chi connectivity index (χ2v) is 5.54. The van der Waals surface area contributed by atoms with Gasteiger partial charge in [-0.25, -0.2) is 4.79 Å². The Morgan fingerprint density at radius 3 is 2.38 bits per heavy atom. The number of ether oxygens (including phenoxy) is 1. The van der Waals surface area contributed by atoms with Crippen LogP contribution in [0.25, 0.3) is 0 Å². The Hall–Kier alpha value is -2.82. The van der Waals surface area contributed by atoms with E-state index in [9.17, 15) is 14.7 Å². The molecule has 0 spiro atoms.